The van der Waals surface area contributed by atoms with E-state index in [1.165, 1.54) is 0 Å². The van der Waals surface area contributed by atoms with Crippen molar-refractivity contribution in [2.45, 2.75) is 26.5 Å². The van der Waals surface area contributed by atoms with E-state index in [-0.39, 0.29) is 12.0 Å². The van der Waals surface area contributed by atoms with Crippen molar-refractivity contribution in [2.75, 3.05) is 12.4 Å². The Morgan fingerprint density at radius 1 is 1.03 bits per heavy atom. The van der Waals surface area contributed by atoms with Gasteiger partial charge in [0.05, 0.1) is 18.8 Å². The summed E-state index contributed by atoms with van der Waals surface area (Å²) in [6.45, 7) is 4.36. The predicted molar refractivity (Wildman–Crippen MR) is 114 cm³/mol. The van der Waals surface area contributed by atoms with Crippen LogP contribution in [0.2, 0.25) is 0 Å². The van der Waals surface area contributed by atoms with Crippen LogP contribution in [0.1, 0.15) is 29.8 Å². The third kappa shape index (κ3) is 5.72. The number of carbonyl (C=O) groups is 1. The fourth-order valence-electron chi connectivity index (χ4n) is 2.77. The summed E-state index contributed by atoms with van der Waals surface area (Å²) in [6.07, 6.45) is 1.69. The van der Waals surface area contributed by atoms with Gasteiger partial charge in [-0.25, -0.2) is 4.98 Å². The van der Waals surface area contributed by atoms with Crippen LogP contribution in [0.25, 0.3) is 0 Å². The van der Waals surface area contributed by atoms with Crippen LogP contribution in [0.3, 0.4) is 0 Å². The summed E-state index contributed by atoms with van der Waals surface area (Å²) < 4.78 is 10.9. The van der Waals surface area contributed by atoms with Crippen LogP contribution >= 0.6 is 0 Å². The summed E-state index contributed by atoms with van der Waals surface area (Å²) in [5.74, 6) is 2.03. The Morgan fingerprint density at radius 3 is 2.45 bits per heavy atom. The molecule has 0 saturated carbocycles. The van der Waals surface area contributed by atoms with Gasteiger partial charge in [-0.05, 0) is 56.3 Å². The van der Waals surface area contributed by atoms with E-state index in [4.69, 9.17) is 9.47 Å². The Balaban J connectivity index is 1.57. The Bertz CT molecular complexity index is 938. The fraction of sp³-hybridized carbons (Fsp3) is 0.217. The van der Waals surface area contributed by atoms with Gasteiger partial charge in [0.1, 0.15) is 17.3 Å². The van der Waals surface area contributed by atoms with E-state index in [2.05, 4.69) is 15.6 Å². The van der Waals surface area contributed by atoms with Gasteiger partial charge in [0.2, 0.25) is 0 Å². The van der Waals surface area contributed by atoms with Crippen LogP contribution in [0.5, 0.6) is 11.5 Å². The normalized spacial score (nSPS) is 10.5. The molecule has 6 heteroatoms. The second kappa shape index (κ2) is 9.59. The lowest BCUT2D eigenvalue weighted by Gasteiger charge is -2.11. The van der Waals surface area contributed by atoms with Crippen LogP contribution in [-0.2, 0) is 6.54 Å². The number of hydrogen-bond donors (Lipinski definition) is 2. The zero-order valence-electron chi connectivity index (χ0n) is 16.8. The zero-order chi connectivity index (χ0) is 20.6. The number of anilines is 2. The van der Waals surface area contributed by atoms with E-state index in [1.807, 2.05) is 62.4 Å². The second-order valence-electron chi connectivity index (χ2n) is 6.74. The van der Waals surface area contributed by atoms with Gasteiger partial charge in [-0.3, -0.25) is 4.79 Å². The van der Waals surface area contributed by atoms with Crippen LogP contribution in [0.4, 0.5) is 11.5 Å². The second-order valence-corrected chi connectivity index (χ2v) is 6.74. The molecule has 3 rings (SSSR count). The van der Waals surface area contributed by atoms with Crippen molar-refractivity contribution in [1.82, 2.24) is 10.3 Å². The highest BCUT2D eigenvalue weighted by Gasteiger charge is 2.08. The number of amides is 1. The van der Waals surface area contributed by atoms with Crippen molar-refractivity contribution in [3.05, 3.63) is 78.0 Å². The topological polar surface area (TPSA) is 72.5 Å². The van der Waals surface area contributed by atoms with E-state index in [0.29, 0.717) is 17.9 Å². The minimum Gasteiger partial charge on any atom is -0.496 e. The first-order chi connectivity index (χ1) is 14.0. The third-order valence-electron chi connectivity index (χ3n) is 4.16. The molecule has 1 heterocycles. The first-order valence-electron chi connectivity index (χ1n) is 9.45. The van der Waals surface area contributed by atoms with Gasteiger partial charge in [0, 0.05) is 24.0 Å². The summed E-state index contributed by atoms with van der Waals surface area (Å²) in [6, 6.07) is 18.8. The van der Waals surface area contributed by atoms with Crippen molar-refractivity contribution < 1.29 is 14.3 Å². The largest absolute Gasteiger partial charge is 0.496 e. The van der Waals surface area contributed by atoms with Gasteiger partial charge in [0.15, 0.2) is 0 Å². The first kappa shape index (κ1) is 20.2. The Labute approximate surface area is 170 Å². The molecule has 2 aromatic carbocycles. The van der Waals surface area contributed by atoms with Gasteiger partial charge in [-0.1, -0.05) is 18.2 Å². The predicted octanol–water partition coefficient (Wildman–Crippen LogP) is 4.55. The van der Waals surface area contributed by atoms with Crippen LogP contribution in [-0.4, -0.2) is 24.1 Å². The average molecular weight is 391 g/mol. The number of nitrogens with one attached hydrogen (secondary N) is 2. The van der Waals surface area contributed by atoms with Crippen molar-refractivity contribution in [1.29, 1.82) is 0 Å². The number of ether oxygens (including phenoxy) is 2. The Hall–Kier alpha value is -3.54. The minimum atomic E-state index is -0.190. The number of methoxy groups -OCH3 is 1. The number of rotatable bonds is 8. The molecular formula is C23H25N3O3. The van der Waals surface area contributed by atoms with E-state index >= 15 is 0 Å². The van der Waals surface area contributed by atoms with Crippen LogP contribution < -0.4 is 20.1 Å². The molecule has 29 heavy (non-hydrogen) atoms. The van der Waals surface area contributed by atoms with E-state index in [1.54, 1.807) is 25.4 Å². The molecule has 0 radical (unpaired) electrons. The highest BCUT2D eigenvalue weighted by molar-refractivity contribution is 5.94. The minimum absolute atomic E-state index is 0.136. The number of hydrogen-bond acceptors (Lipinski definition) is 5. The van der Waals surface area contributed by atoms with Crippen molar-refractivity contribution in [2.24, 2.45) is 0 Å². The summed E-state index contributed by atoms with van der Waals surface area (Å²) >= 11 is 0. The quantitative estimate of drug-likeness (QED) is 0.589. The van der Waals surface area contributed by atoms with E-state index in [9.17, 15) is 4.79 Å². The maximum absolute atomic E-state index is 12.4. The molecule has 150 valence electrons. The molecule has 6 nitrogen and oxygen atoms in total. The molecule has 0 aliphatic heterocycles. The van der Waals surface area contributed by atoms with Crippen molar-refractivity contribution in [3.8, 4) is 11.5 Å². The van der Waals surface area contributed by atoms with Gasteiger partial charge in [-0.15, -0.1) is 0 Å². The molecule has 0 fully saturated rings. The number of aromatic nitrogens is 1. The van der Waals surface area contributed by atoms with Crippen molar-refractivity contribution >= 4 is 17.4 Å². The van der Waals surface area contributed by atoms with Gasteiger partial charge in [-0.2, -0.15) is 0 Å². The van der Waals surface area contributed by atoms with Crippen LogP contribution in [0.15, 0.2) is 66.9 Å². The molecule has 0 bridgehead atoms. The smallest absolute Gasteiger partial charge is 0.253 e. The molecule has 0 aliphatic rings. The molecular weight excluding hydrogens is 366 g/mol. The third-order valence-corrected chi connectivity index (χ3v) is 4.16. The Kier molecular flexibility index (Phi) is 6.68. The molecule has 0 saturated heterocycles. The Morgan fingerprint density at radius 2 is 1.79 bits per heavy atom. The number of nitrogens with zero attached hydrogens (tertiary/aromatic N) is 1. The summed E-state index contributed by atoms with van der Waals surface area (Å²) in [7, 11) is 1.61. The molecule has 0 spiro atoms. The number of pyridine rings is 1. The maximum Gasteiger partial charge on any atom is 0.253 e. The van der Waals surface area contributed by atoms with Crippen molar-refractivity contribution in [3.63, 3.8) is 0 Å². The van der Waals surface area contributed by atoms with Crippen LogP contribution in [0, 0.1) is 0 Å². The molecule has 1 amide bonds. The summed E-state index contributed by atoms with van der Waals surface area (Å²) in [5.41, 5.74) is 2.30. The molecule has 3 aromatic rings. The van der Waals surface area contributed by atoms with E-state index in [0.717, 1.165) is 22.7 Å². The molecule has 0 atom stereocenters. The van der Waals surface area contributed by atoms with Gasteiger partial charge >= 0.3 is 0 Å². The number of para-hydroxylation sites is 1. The summed E-state index contributed by atoms with van der Waals surface area (Å²) in [5, 5.41) is 6.10. The lowest BCUT2D eigenvalue weighted by atomic mass is 10.2. The fourth-order valence-corrected chi connectivity index (χ4v) is 2.77. The monoisotopic (exact) mass is 391 g/mol. The first-order valence-corrected chi connectivity index (χ1v) is 9.45. The maximum atomic E-state index is 12.4. The average Bonchev–Trinajstić information content (AvgIpc) is 2.74. The highest BCUT2D eigenvalue weighted by atomic mass is 16.5. The zero-order valence-corrected chi connectivity index (χ0v) is 16.8. The molecule has 2 N–H and O–H groups in total. The standard InChI is InChI=1S/C23H25N3O3/c1-16(2)29-20-11-9-19(10-12-20)26-22-13-8-18(15-24-22)23(27)25-14-17-6-4-5-7-21(17)28-3/h4-13,15-16H,14H2,1-3H3,(H,24,26)(H,25,27). The molecule has 0 aliphatic carbocycles. The lowest BCUT2D eigenvalue weighted by molar-refractivity contribution is 0.0950. The van der Waals surface area contributed by atoms with E-state index < -0.39 is 0 Å². The molecule has 0 unspecified atom stereocenters. The summed E-state index contributed by atoms with van der Waals surface area (Å²) in [4.78, 5) is 16.7. The van der Waals surface area contributed by atoms with Gasteiger partial charge in [0.25, 0.3) is 5.91 Å². The number of carbonyl (C=O) groups excluding carboxylic acids is 1. The van der Waals surface area contributed by atoms with Gasteiger partial charge < -0.3 is 20.1 Å². The molecule has 1 aromatic heterocycles. The number of benzene rings is 2. The lowest BCUT2D eigenvalue weighted by Crippen LogP contribution is -2.23. The highest BCUT2D eigenvalue weighted by Crippen LogP contribution is 2.20. The SMILES string of the molecule is COc1ccccc1CNC(=O)c1ccc(Nc2ccc(OC(C)C)cc2)nc1.